The maximum Gasteiger partial charge on any atom is 0.272 e. The third-order valence-corrected chi connectivity index (χ3v) is 3.91. The van der Waals surface area contributed by atoms with Crippen LogP contribution >= 0.6 is 0 Å². The molecule has 0 saturated heterocycles. The third kappa shape index (κ3) is 4.78. The van der Waals surface area contributed by atoms with Crippen LogP contribution in [-0.2, 0) is 0 Å². The van der Waals surface area contributed by atoms with Gasteiger partial charge in [0, 0.05) is 19.3 Å². The highest BCUT2D eigenvalue weighted by Crippen LogP contribution is 2.17. The summed E-state index contributed by atoms with van der Waals surface area (Å²) >= 11 is 0. The standard InChI is InChI=1S/C19H26N4O/c1-5-6-12-23(4)18(24)17-13-14(2)20-19(22-17)21-15(3)16-10-8-7-9-11-16/h7-11,13,15H,5-6,12H2,1-4H3,(H,20,21,22). The number of carbonyl (C=O) groups excluding carboxylic acids is 1. The van der Waals surface area contributed by atoms with Crippen molar-refractivity contribution < 1.29 is 4.79 Å². The highest BCUT2D eigenvalue weighted by molar-refractivity contribution is 5.92. The van der Waals surface area contributed by atoms with Crippen LogP contribution in [0.15, 0.2) is 36.4 Å². The smallest absolute Gasteiger partial charge is 0.272 e. The van der Waals surface area contributed by atoms with Crippen LogP contribution in [0.2, 0.25) is 0 Å². The molecule has 0 fully saturated rings. The van der Waals surface area contributed by atoms with Gasteiger partial charge in [-0.15, -0.1) is 0 Å². The van der Waals surface area contributed by atoms with Gasteiger partial charge in [0.25, 0.3) is 5.91 Å². The van der Waals surface area contributed by atoms with Crippen molar-refractivity contribution in [3.63, 3.8) is 0 Å². The van der Waals surface area contributed by atoms with Gasteiger partial charge in [0.05, 0.1) is 6.04 Å². The molecule has 0 bridgehead atoms. The largest absolute Gasteiger partial charge is 0.348 e. The van der Waals surface area contributed by atoms with Crippen LogP contribution in [0, 0.1) is 6.92 Å². The van der Waals surface area contributed by atoms with Crippen LogP contribution < -0.4 is 5.32 Å². The second kappa shape index (κ2) is 8.43. The van der Waals surface area contributed by atoms with E-state index in [0.29, 0.717) is 11.6 Å². The molecular weight excluding hydrogens is 300 g/mol. The van der Waals surface area contributed by atoms with Gasteiger partial charge in [0.15, 0.2) is 0 Å². The quantitative estimate of drug-likeness (QED) is 0.840. The van der Waals surface area contributed by atoms with Crippen LogP contribution in [0.3, 0.4) is 0 Å². The zero-order valence-electron chi connectivity index (χ0n) is 14.9. The SMILES string of the molecule is CCCCN(C)C(=O)c1cc(C)nc(NC(C)c2ccccc2)n1. The Balaban J connectivity index is 2.15. The van der Waals surface area contributed by atoms with Gasteiger partial charge >= 0.3 is 0 Å². The van der Waals surface area contributed by atoms with E-state index in [1.54, 1.807) is 11.0 Å². The molecule has 0 aliphatic rings. The Kier molecular flexibility index (Phi) is 6.29. The van der Waals surface area contributed by atoms with E-state index in [-0.39, 0.29) is 11.9 Å². The molecule has 5 nitrogen and oxygen atoms in total. The van der Waals surface area contributed by atoms with Gasteiger partial charge in [-0.2, -0.15) is 0 Å². The molecule has 1 heterocycles. The summed E-state index contributed by atoms with van der Waals surface area (Å²) in [5, 5.41) is 3.28. The van der Waals surface area contributed by atoms with Crippen molar-refractivity contribution in [3.05, 3.63) is 53.3 Å². The Bertz CT molecular complexity index is 672. The number of nitrogens with zero attached hydrogens (tertiary/aromatic N) is 3. The van der Waals surface area contributed by atoms with E-state index in [1.807, 2.05) is 32.2 Å². The van der Waals surface area contributed by atoms with Gasteiger partial charge in [0.1, 0.15) is 5.69 Å². The van der Waals surface area contributed by atoms with E-state index >= 15 is 0 Å². The van der Waals surface area contributed by atoms with Crippen LogP contribution in [-0.4, -0.2) is 34.4 Å². The first kappa shape index (κ1) is 17.9. The van der Waals surface area contributed by atoms with Crippen LogP contribution in [0.25, 0.3) is 0 Å². The number of benzene rings is 1. The van der Waals surface area contributed by atoms with E-state index in [2.05, 4.69) is 41.3 Å². The summed E-state index contributed by atoms with van der Waals surface area (Å²) in [5.41, 5.74) is 2.36. The lowest BCUT2D eigenvalue weighted by molar-refractivity contribution is 0.0787. The number of carbonyl (C=O) groups is 1. The molecule has 1 amide bonds. The van der Waals surface area contributed by atoms with Gasteiger partial charge in [-0.25, -0.2) is 9.97 Å². The summed E-state index contributed by atoms with van der Waals surface area (Å²) in [5.74, 6) is 0.419. The summed E-state index contributed by atoms with van der Waals surface area (Å²) in [4.78, 5) is 23.1. The minimum absolute atomic E-state index is 0.0637. The Labute approximate surface area is 144 Å². The van der Waals surface area contributed by atoms with Crippen molar-refractivity contribution in [3.8, 4) is 0 Å². The molecule has 0 radical (unpaired) electrons. The molecule has 2 rings (SSSR count). The lowest BCUT2D eigenvalue weighted by Gasteiger charge is -2.18. The van der Waals surface area contributed by atoms with Crippen molar-refractivity contribution in [2.45, 2.75) is 39.7 Å². The maximum absolute atomic E-state index is 12.5. The molecule has 0 aliphatic heterocycles. The fraction of sp³-hybridized carbons (Fsp3) is 0.421. The fourth-order valence-electron chi connectivity index (χ4n) is 2.45. The first-order valence-corrected chi connectivity index (χ1v) is 8.44. The zero-order chi connectivity index (χ0) is 17.5. The molecule has 1 aromatic heterocycles. The van der Waals surface area contributed by atoms with E-state index in [1.165, 1.54) is 0 Å². The normalized spacial score (nSPS) is 11.8. The fourth-order valence-corrected chi connectivity index (χ4v) is 2.45. The van der Waals surface area contributed by atoms with Crippen molar-refractivity contribution in [2.24, 2.45) is 0 Å². The predicted octanol–water partition coefficient (Wildman–Crippen LogP) is 3.83. The highest BCUT2D eigenvalue weighted by atomic mass is 16.2. The Hall–Kier alpha value is -2.43. The summed E-state index contributed by atoms with van der Waals surface area (Å²) in [7, 11) is 1.81. The topological polar surface area (TPSA) is 58.1 Å². The minimum Gasteiger partial charge on any atom is -0.348 e. The molecule has 1 atom stereocenters. The molecule has 1 aromatic carbocycles. The van der Waals surface area contributed by atoms with Crippen molar-refractivity contribution in [1.82, 2.24) is 14.9 Å². The molecule has 1 unspecified atom stereocenters. The Morgan fingerprint density at radius 1 is 1.25 bits per heavy atom. The van der Waals surface area contributed by atoms with Crippen LogP contribution in [0.5, 0.6) is 0 Å². The molecule has 2 aromatic rings. The number of nitrogens with one attached hydrogen (secondary N) is 1. The molecule has 24 heavy (non-hydrogen) atoms. The van der Waals surface area contributed by atoms with Gasteiger partial charge in [-0.05, 0) is 31.9 Å². The minimum atomic E-state index is -0.0654. The van der Waals surface area contributed by atoms with E-state index in [0.717, 1.165) is 30.6 Å². The number of aromatic nitrogens is 2. The Morgan fingerprint density at radius 2 is 1.96 bits per heavy atom. The Morgan fingerprint density at radius 3 is 2.62 bits per heavy atom. The molecule has 0 spiro atoms. The van der Waals surface area contributed by atoms with Crippen molar-refractivity contribution in [1.29, 1.82) is 0 Å². The second-order valence-corrected chi connectivity index (χ2v) is 6.08. The number of unbranched alkanes of at least 4 members (excludes halogenated alkanes) is 1. The molecular formula is C19H26N4O. The second-order valence-electron chi connectivity index (χ2n) is 6.08. The van der Waals surface area contributed by atoms with Crippen LogP contribution in [0.1, 0.15) is 54.5 Å². The molecule has 0 saturated carbocycles. The average Bonchev–Trinajstić information content (AvgIpc) is 2.59. The predicted molar refractivity (Wildman–Crippen MR) is 97.1 cm³/mol. The lowest BCUT2D eigenvalue weighted by atomic mass is 10.1. The van der Waals surface area contributed by atoms with Gasteiger partial charge in [-0.3, -0.25) is 4.79 Å². The van der Waals surface area contributed by atoms with Gasteiger partial charge in [0.2, 0.25) is 5.95 Å². The summed E-state index contributed by atoms with van der Waals surface area (Å²) in [6, 6.07) is 11.9. The third-order valence-electron chi connectivity index (χ3n) is 3.91. The zero-order valence-corrected chi connectivity index (χ0v) is 14.9. The molecule has 5 heteroatoms. The summed E-state index contributed by atoms with van der Waals surface area (Å²) in [6.07, 6.45) is 2.05. The first-order chi connectivity index (χ1) is 11.5. The van der Waals surface area contributed by atoms with Gasteiger partial charge < -0.3 is 10.2 Å². The highest BCUT2D eigenvalue weighted by Gasteiger charge is 2.16. The monoisotopic (exact) mass is 326 g/mol. The van der Waals surface area contributed by atoms with E-state index in [4.69, 9.17) is 0 Å². The van der Waals surface area contributed by atoms with E-state index < -0.39 is 0 Å². The molecule has 128 valence electrons. The van der Waals surface area contributed by atoms with Crippen molar-refractivity contribution in [2.75, 3.05) is 18.9 Å². The number of hydrogen-bond acceptors (Lipinski definition) is 4. The number of aryl methyl sites for hydroxylation is 1. The lowest BCUT2D eigenvalue weighted by Crippen LogP contribution is -2.29. The molecule has 1 N–H and O–H groups in total. The van der Waals surface area contributed by atoms with Gasteiger partial charge in [-0.1, -0.05) is 43.7 Å². The first-order valence-electron chi connectivity index (χ1n) is 8.44. The average molecular weight is 326 g/mol. The van der Waals surface area contributed by atoms with Crippen LogP contribution in [0.4, 0.5) is 5.95 Å². The maximum atomic E-state index is 12.5. The number of amides is 1. The molecule has 0 aliphatic carbocycles. The van der Waals surface area contributed by atoms with Crippen molar-refractivity contribution >= 4 is 11.9 Å². The number of rotatable bonds is 7. The van der Waals surface area contributed by atoms with E-state index in [9.17, 15) is 4.79 Å². The summed E-state index contributed by atoms with van der Waals surface area (Å²) < 4.78 is 0. The number of hydrogen-bond donors (Lipinski definition) is 1. The number of anilines is 1. The summed E-state index contributed by atoms with van der Waals surface area (Å²) in [6.45, 7) is 6.78.